The number of amides is 1. The number of rotatable bonds is 5. The standard InChI is InChI=1S/C26H20ClFN4O/c27-25-7-3-6-23(30-25)24(14-18-12-13-29-22-5-2-1-4-21(18)22)31-32-16-19(15-26(32)33)17-8-10-20(28)11-9-17/h1-13,19H,14-16H2/b31-24+. The van der Waals surface area contributed by atoms with Gasteiger partial charge in [-0.25, -0.2) is 14.4 Å². The minimum Gasteiger partial charge on any atom is -0.273 e. The van der Waals surface area contributed by atoms with E-state index in [-0.39, 0.29) is 17.6 Å². The molecule has 2 aromatic heterocycles. The second-order valence-corrected chi connectivity index (χ2v) is 8.37. The van der Waals surface area contributed by atoms with E-state index in [2.05, 4.69) is 9.97 Å². The van der Waals surface area contributed by atoms with Crippen LogP contribution in [0.1, 0.15) is 29.2 Å². The second-order valence-electron chi connectivity index (χ2n) is 7.98. The van der Waals surface area contributed by atoms with Crippen LogP contribution in [0, 0.1) is 5.82 Å². The van der Waals surface area contributed by atoms with E-state index in [4.69, 9.17) is 16.7 Å². The summed E-state index contributed by atoms with van der Waals surface area (Å²) in [7, 11) is 0. The van der Waals surface area contributed by atoms with Crippen molar-refractivity contribution in [2.75, 3.05) is 6.54 Å². The zero-order valence-corrected chi connectivity index (χ0v) is 18.4. The van der Waals surface area contributed by atoms with Crippen molar-refractivity contribution >= 4 is 34.1 Å². The minimum atomic E-state index is -0.295. The molecule has 1 fully saturated rings. The Labute approximate surface area is 195 Å². The molecule has 2 aromatic carbocycles. The van der Waals surface area contributed by atoms with E-state index in [0.29, 0.717) is 35.9 Å². The van der Waals surface area contributed by atoms with Gasteiger partial charge < -0.3 is 0 Å². The van der Waals surface area contributed by atoms with Gasteiger partial charge in [-0.05, 0) is 47.5 Å². The zero-order valence-electron chi connectivity index (χ0n) is 17.7. The second kappa shape index (κ2) is 9.08. The fraction of sp³-hybridized carbons (Fsp3) is 0.154. The maximum atomic E-state index is 13.3. The fourth-order valence-electron chi connectivity index (χ4n) is 4.13. The van der Waals surface area contributed by atoms with Crippen molar-refractivity contribution in [3.8, 4) is 0 Å². The lowest BCUT2D eigenvalue weighted by Gasteiger charge is -2.15. The van der Waals surface area contributed by atoms with Crippen LogP contribution in [0.2, 0.25) is 5.15 Å². The summed E-state index contributed by atoms with van der Waals surface area (Å²) in [6.45, 7) is 0.422. The molecule has 0 radical (unpaired) electrons. The van der Waals surface area contributed by atoms with Gasteiger partial charge in [-0.1, -0.05) is 48.0 Å². The first kappa shape index (κ1) is 21.2. The van der Waals surface area contributed by atoms with Crippen molar-refractivity contribution in [3.05, 3.63) is 107 Å². The van der Waals surface area contributed by atoms with E-state index in [1.165, 1.54) is 17.1 Å². The van der Waals surface area contributed by atoms with Crippen molar-refractivity contribution in [1.29, 1.82) is 0 Å². The molecule has 7 heteroatoms. The first-order chi connectivity index (χ1) is 16.1. The van der Waals surface area contributed by atoms with Crippen molar-refractivity contribution in [1.82, 2.24) is 15.0 Å². The lowest BCUT2D eigenvalue weighted by atomic mass is 9.98. The Hall–Kier alpha value is -3.64. The predicted octanol–water partition coefficient (Wildman–Crippen LogP) is 5.39. The average molecular weight is 459 g/mol. The number of para-hydroxylation sites is 1. The Morgan fingerprint density at radius 2 is 1.88 bits per heavy atom. The SMILES string of the molecule is O=C1CC(c2ccc(F)cc2)CN1/N=C(\Cc1ccnc2ccccc12)c1cccc(Cl)n1. The van der Waals surface area contributed by atoms with Gasteiger partial charge in [0, 0.05) is 30.3 Å². The van der Waals surface area contributed by atoms with Gasteiger partial charge in [0.25, 0.3) is 0 Å². The molecule has 5 nitrogen and oxygen atoms in total. The van der Waals surface area contributed by atoms with Crippen LogP contribution in [0.25, 0.3) is 10.9 Å². The smallest absolute Gasteiger partial charge is 0.243 e. The van der Waals surface area contributed by atoms with Crippen molar-refractivity contribution < 1.29 is 9.18 Å². The zero-order chi connectivity index (χ0) is 22.8. The van der Waals surface area contributed by atoms with Crippen LogP contribution in [-0.2, 0) is 11.2 Å². The highest BCUT2D eigenvalue weighted by Crippen LogP contribution is 2.29. The Balaban J connectivity index is 1.50. The number of hydrazone groups is 1. The molecule has 1 aliphatic rings. The van der Waals surface area contributed by atoms with Crippen molar-refractivity contribution in [3.63, 3.8) is 0 Å². The number of carbonyl (C=O) groups is 1. The number of hydrogen-bond acceptors (Lipinski definition) is 4. The molecule has 1 amide bonds. The number of hydrogen-bond donors (Lipinski definition) is 0. The van der Waals surface area contributed by atoms with Gasteiger partial charge in [-0.3, -0.25) is 9.78 Å². The summed E-state index contributed by atoms with van der Waals surface area (Å²) < 4.78 is 13.3. The molecule has 0 saturated carbocycles. The fourth-order valence-corrected chi connectivity index (χ4v) is 4.29. The molecule has 3 heterocycles. The van der Waals surface area contributed by atoms with Crippen LogP contribution >= 0.6 is 11.6 Å². The van der Waals surface area contributed by atoms with Crippen LogP contribution in [-0.4, -0.2) is 33.1 Å². The van der Waals surface area contributed by atoms with Gasteiger partial charge in [0.2, 0.25) is 5.91 Å². The predicted molar refractivity (Wildman–Crippen MR) is 127 cm³/mol. The Kier molecular flexibility index (Phi) is 5.84. The van der Waals surface area contributed by atoms with Crippen LogP contribution < -0.4 is 0 Å². The number of fused-ring (bicyclic) bond motifs is 1. The molecule has 33 heavy (non-hydrogen) atoms. The number of pyridine rings is 2. The monoisotopic (exact) mass is 458 g/mol. The molecule has 1 atom stereocenters. The molecular formula is C26H20ClFN4O. The van der Waals surface area contributed by atoms with E-state index < -0.39 is 0 Å². The molecule has 164 valence electrons. The summed E-state index contributed by atoms with van der Waals surface area (Å²) in [6, 6.07) is 21.5. The lowest BCUT2D eigenvalue weighted by molar-refractivity contribution is -0.127. The summed E-state index contributed by atoms with van der Waals surface area (Å²) in [5, 5.41) is 7.62. The topological polar surface area (TPSA) is 58.5 Å². The Morgan fingerprint density at radius 1 is 1.06 bits per heavy atom. The highest BCUT2D eigenvalue weighted by molar-refractivity contribution is 6.29. The summed E-state index contributed by atoms with van der Waals surface area (Å²) in [6.07, 6.45) is 2.55. The van der Waals surface area contributed by atoms with E-state index in [0.717, 1.165) is 22.0 Å². The molecule has 1 aliphatic heterocycles. The first-order valence-electron chi connectivity index (χ1n) is 10.7. The number of carbonyl (C=O) groups excluding carboxylic acids is 1. The van der Waals surface area contributed by atoms with E-state index in [1.807, 2.05) is 42.5 Å². The van der Waals surface area contributed by atoms with E-state index in [9.17, 15) is 9.18 Å². The van der Waals surface area contributed by atoms with Gasteiger partial charge in [-0.2, -0.15) is 5.10 Å². The summed E-state index contributed by atoms with van der Waals surface area (Å²) in [5.41, 5.74) is 4.10. The highest BCUT2D eigenvalue weighted by Gasteiger charge is 2.31. The quantitative estimate of drug-likeness (QED) is 0.298. The largest absolute Gasteiger partial charge is 0.273 e. The Bertz CT molecular complexity index is 1350. The average Bonchev–Trinajstić information content (AvgIpc) is 3.19. The number of benzene rings is 2. The molecule has 0 N–H and O–H groups in total. The van der Waals surface area contributed by atoms with Gasteiger partial charge in [0.15, 0.2) is 0 Å². The van der Waals surface area contributed by atoms with E-state index >= 15 is 0 Å². The third kappa shape index (κ3) is 4.61. The molecule has 1 saturated heterocycles. The minimum absolute atomic E-state index is 0.0443. The lowest BCUT2D eigenvalue weighted by Crippen LogP contribution is -2.23. The van der Waals surface area contributed by atoms with Gasteiger partial charge in [0.05, 0.1) is 23.5 Å². The maximum Gasteiger partial charge on any atom is 0.243 e. The van der Waals surface area contributed by atoms with Crippen LogP contribution in [0.4, 0.5) is 4.39 Å². The summed E-state index contributed by atoms with van der Waals surface area (Å²) in [5.74, 6) is -0.419. The summed E-state index contributed by atoms with van der Waals surface area (Å²) in [4.78, 5) is 21.7. The molecular weight excluding hydrogens is 439 g/mol. The van der Waals surface area contributed by atoms with Crippen LogP contribution in [0.3, 0.4) is 0 Å². The van der Waals surface area contributed by atoms with Crippen molar-refractivity contribution in [2.45, 2.75) is 18.8 Å². The molecule has 0 bridgehead atoms. The van der Waals surface area contributed by atoms with Gasteiger partial charge in [0.1, 0.15) is 11.0 Å². The number of aromatic nitrogens is 2. The number of nitrogens with zero attached hydrogens (tertiary/aromatic N) is 4. The maximum absolute atomic E-state index is 13.3. The highest BCUT2D eigenvalue weighted by atomic mass is 35.5. The Morgan fingerprint density at radius 3 is 2.70 bits per heavy atom. The molecule has 1 unspecified atom stereocenters. The molecule has 4 aromatic rings. The van der Waals surface area contributed by atoms with Gasteiger partial charge >= 0.3 is 0 Å². The first-order valence-corrected chi connectivity index (χ1v) is 11.0. The van der Waals surface area contributed by atoms with Crippen LogP contribution in [0.15, 0.2) is 84.1 Å². The summed E-state index contributed by atoms with van der Waals surface area (Å²) >= 11 is 6.16. The number of halogens is 2. The van der Waals surface area contributed by atoms with Crippen LogP contribution in [0.5, 0.6) is 0 Å². The van der Waals surface area contributed by atoms with Crippen molar-refractivity contribution in [2.24, 2.45) is 5.10 Å². The normalized spacial score (nSPS) is 16.5. The molecule has 0 spiro atoms. The van der Waals surface area contributed by atoms with Gasteiger partial charge in [-0.15, -0.1) is 0 Å². The third-order valence-electron chi connectivity index (χ3n) is 5.79. The van der Waals surface area contributed by atoms with E-state index in [1.54, 1.807) is 24.4 Å². The molecule has 0 aliphatic carbocycles. The molecule has 5 rings (SSSR count). The third-order valence-corrected chi connectivity index (χ3v) is 6.00.